The number of nitrogens with one attached hydrogen (secondary N) is 1. The molecule has 2 atom stereocenters. The molecule has 3 rings (SSSR count). The van der Waals surface area contributed by atoms with Gasteiger partial charge in [-0.3, -0.25) is 14.5 Å². The van der Waals surface area contributed by atoms with E-state index >= 15 is 0 Å². The fourth-order valence-electron chi connectivity index (χ4n) is 4.22. The Morgan fingerprint density at radius 2 is 2.12 bits per heavy atom. The zero-order chi connectivity index (χ0) is 17.5. The number of H-pyrrole nitrogens is 1. The van der Waals surface area contributed by atoms with Crippen molar-refractivity contribution in [2.45, 2.75) is 52.2 Å². The van der Waals surface area contributed by atoms with Gasteiger partial charge in [-0.05, 0) is 26.2 Å². The van der Waals surface area contributed by atoms with E-state index in [9.17, 15) is 4.79 Å². The van der Waals surface area contributed by atoms with Gasteiger partial charge in [-0.25, -0.2) is 0 Å². The van der Waals surface area contributed by atoms with Crippen LogP contribution in [0.3, 0.4) is 0 Å². The lowest BCUT2D eigenvalue weighted by atomic mass is 9.58. The highest BCUT2D eigenvalue weighted by Crippen LogP contribution is 2.51. The van der Waals surface area contributed by atoms with Gasteiger partial charge in [0, 0.05) is 32.2 Å². The Morgan fingerprint density at radius 1 is 1.42 bits per heavy atom. The van der Waals surface area contributed by atoms with Crippen LogP contribution in [-0.4, -0.2) is 45.5 Å². The Hall–Kier alpha value is -1.89. The highest BCUT2D eigenvalue weighted by Gasteiger charge is 2.55. The van der Waals surface area contributed by atoms with E-state index in [1.165, 1.54) is 0 Å². The van der Waals surface area contributed by atoms with Crippen molar-refractivity contribution in [3.63, 3.8) is 0 Å². The Kier molecular flexibility index (Phi) is 4.38. The largest absolute Gasteiger partial charge is 0.378 e. The quantitative estimate of drug-likeness (QED) is 0.876. The molecule has 1 aliphatic carbocycles. The first-order chi connectivity index (χ1) is 11.5. The van der Waals surface area contributed by atoms with Crippen molar-refractivity contribution in [3.8, 4) is 0 Å². The van der Waals surface area contributed by atoms with Crippen LogP contribution in [0.15, 0.2) is 11.0 Å². The smallest absolute Gasteiger partial charge is 0.263 e. The van der Waals surface area contributed by atoms with Crippen LogP contribution in [0.25, 0.3) is 11.0 Å². The topological polar surface area (TPSA) is 76.0 Å². The standard InChI is InChI=1S/C17H27N5O2/c1-6-17(7-2)12(9-13(17)24-8-3)21(4)16-19-14-11(15(23)20-16)10-18-22(14)5/h10,12-13H,6-9H2,1-5H3,(H,19,20,23)/t12-,13-/m0/s1. The van der Waals surface area contributed by atoms with Crippen molar-refractivity contribution in [1.82, 2.24) is 19.7 Å². The fourth-order valence-corrected chi connectivity index (χ4v) is 4.22. The Morgan fingerprint density at radius 3 is 2.75 bits per heavy atom. The summed E-state index contributed by atoms with van der Waals surface area (Å²) in [5.41, 5.74) is 0.569. The maximum Gasteiger partial charge on any atom is 0.263 e. The molecule has 0 radical (unpaired) electrons. The molecule has 0 aromatic carbocycles. The van der Waals surface area contributed by atoms with Gasteiger partial charge in [-0.1, -0.05) is 13.8 Å². The maximum atomic E-state index is 12.3. The summed E-state index contributed by atoms with van der Waals surface area (Å²) >= 11 is 0. The van der Waals surface area contributed by atoms with E-state index in [1.54, 1.807) is 17.9 Å². The molecule has 2 heterocycles. The number of hydrogen-bond donors (Lipinski definition) is 1. The number of nitrogens with zero attached hydrogens (tertiary/aromatic N) is 4. The molecule has 0 bridgehead atoms. The molecule has 0 amide bonds. The molecule has 1 fully saturated rings. The van der Waals surface area contributed by atoms with Crippen LogP contribution in [-0.2, 0) is 11.8 Å². The molecule has 1 N–H and O–H groups in total. The van der Waals surface area contributed by atoms with Crippen LogP contribution in [0.1, 0.15) is 40.0 Å². The van der Waals surface area contributed by atoms with Crippen molar-refractivity contribution in [1.29, 1.82) is 0 Å². The summed E-state index contributed by atoms with van der Waals surface area (Å²) in [5, 5.41) is 4.65. The van der Waals surface area contributed by atoms with Gasteiger partial charge in [0.1, 0.15) is 5.39 Å². The third kappa shape index (κ3) is 2.33. The van der Waals surface area contributed by atoms with E-state index in [0.29, 0.717) is 23.0 Å². The fraction of sp³-hybridized carbons (Fsp3) is 0.706. The molecule has 2 aromatic heterocycles. The van der Waals surface area contributed by atoms with Gasteiger partial charge in [0.15, 0.2) is 5.65 Å². The van der Waals surface area contributed by atoms with Gasteiger partial charge in [-0.2, -0.15) is 10.1 Å². The molecular weight excluding hydrogens is 306 g/mol. The summed E-state index contributed by atoms with van der Waals surface area (Å²) in [6.07, 6.45) is 4.88. The number of ether oxygens (including phenoxy) is 1. The molecule has 24 heavy (non-hydrogen) atoms. The monoisotopic (exact) mass is 333 g/mol. The number of aromatic nitrogens is 4. The minimum atomic E-state index is -0.144. The highest BCUT2D eigenvalue weighted by atomic mass is 16.5. The molecule has 0 unspecified atom stereocenters. The number of anilines is 1. The predicted molar refractivity (Wildman–Crippen MR) is 94.4 cm³/mol. The lowest BCUT2D eigenvalue weighted by Crippen LogP contribution is -2.64. The van der Waals surface area contributed by atoms with Crippen LogP contribution < -0.4 is 10.5 Å². The lowest BCUT2D eigenvalue weighted by Gasteiger charge is -2.58. The summed E-state index contributed by atoms with van der Waals surface area (Å²) in [5.74, 6) is 0.599. The van der Waals surface area contributed by atoms with Gasteiger partial charge in [-0.15, -0.1) is 0 Å². The van der Waals surface area contributed by atoms with E-state index in [-0.39, 0.29) is 17.1 Å². The minimum absolute atomic E-state index is 0.102. The van der Waals surface area contributed by atoms with E-state index in [1.807, 2.05) is 14.0 Å². The zero-order valence-corrected chi connectivity index (χ0v) is 15.2. The second kappa shape index (κ2) is 6.20. The van der Waals surface area contributed by atoms with Crippen LogP contribution in [0, 0.1) is 5.41 Å². The van der Waals surface area contributed by atoms with E-state index < -0.39 is 0 Å². The third-order valence-electron chi connectivity index (χ3n) is 5.82. The summed E-state index contributed by atoms with van der Waals surface area (Å²) < 4.78 is 7.60. The van der Waals surface area contributed by atoms with Crippen LogP contribution in [0.4, 0.5) is 5.95 Å². The van der Waals surface area contributed by atoms with Crippen LogP contribution >= 0.6 is 0 Å². The van der Waals surface area contributed by atoms with Crippen molar-refractivity contribution in [2.75, 3.05) is 18.6 Å². The lowest BCUT2D eigenvalue weighted by molar-refractivity contribution is -0.128. The molecule has 7 heteroatoms. The van der Waals surface area contributed by atoms with Gasteiger partial charge in [0.25, 0.3) is 5.56 Å². The molecule has 0 saturated heterocycles. The first kappa shape index (κ1) is 17.0. The average Bonchev–Trinajstić information content (AvgIpc) is 2.94. The summed E-state index contributed by atoms with van der Waals surface area (Å²) in [6, 6.07) is 0.304. The first-order valence-electron chi connectivity index (χ1n) is 8.74. The Balaban J connectivity index is 1.95. The third-order valence-corrected chi connectivity index (χ3v) is 5.82. The minimum Gasteiger partial charge on any atom is -0.378 e. The van der Waals surface area contributed by atoms with Crippen molar-refractivity contribution in [3.05, 3.63) is 16.6 Å². The van der Waals surface area contributed by atoms with Gasteiger partial charge in [0.2, 0.25) is 5.95 Å². The summed E-state index contributed by atoms with van der Waals surface area (Å²) in [6.45, 7) is 7.22. The number of fused-ring (bicyclic) bond motifs is 1. The predicted octanol–water partition coefficient (Wildman–Crippen LogP) is 2.08. The number of aromatic amines is 1. The Bertz CT molecular complexity index is 777. The van der Waals surface area contributed by atoms with Gasteiger partial charge < -0.3 is 9.64 Å². The molecule has 132 valence electrons. The normalized spacial score (nSPS) is 22.5. The molecular formula is C17H27N5O2. The van der Waals surface area contributed by atoms with Crippen molar-refractivity contribution >= 4 is 17.0 Å². The number of rotatable bonds is 6. The molecule has 1 saturated carbocycles. The second-order valence-electron chi connectivity index (χ2n) is 6.64. The van der Waals surface area contributed by atoms with Crippen LogP contribution in [0.2, 0.25) is 0 Å². The molecule has 0 aliphatic heterocycles. The molecule has 0 spiro atoms. The van der Waals surface area contributed by atoms with E-state index in [4.69, 9.17) is 4.74 Å². The van der Waals surface area contributed by atoms with Crippen molar-refractivity contribution in [2.24, 2.45) is 12.5 Å². The van der Waals surface area contributed by atoms with Crippen LogP contribution in [0.5, 0.6) is 0 Å². The van der Waals surface area contributed by atoms with E-state index in [0.717, 1.165) is 25.9 Å². The Labute approximate surface area is 142 Å². The molecule has 2 aromatic rings. The number of aryl methyl sites for hydroxylation is 1. The van der Waals surface area contributed by atoms with Gasteiger partial charge >= 0.3 is 0 Å². The first-order valence-corrected chi connectivity index (χ1v) is 8.74. The molecule has 1 aliphatic rings. The van der Waals surface area contributed by atoms with E-state index in [2.05, 4.69) is 33.8 Å². The second-order valence-corrected chi connectivity index (χ2v) is 6.64. The molecule has 7 nitrogen and oxygen atoms in total. The highest BCUT2D eigenvalue weighted by molar-refractivity contribution is 5.74. The summed E-state index contributed by atoms with van der Waals surface area (Å²) in [4.78, 5) is 22.0. The SMILES string of the molecule is CCO[C@H]1C[C@H](N(C)c2nc3c(cnn3C)c(=O)[nH]2)C1(CC)CC. The summed E-state index contributed by atoms with van der Waals surface area (Å²) in [7, 11) is 3.81. The number of hydrogen-bond acceptors (Lipinski definition) is 5. The average molecular weight is 333 g/mol. The zero-order valence-electron chi connectivity index (χ0n) is 15.2. The van der Waals surface area contributed by atoms with Crippen molar-refractivity contribution < 1.29 is 4.74 Å². The van der Waals surface area contributed by atoms with Gasteiger partial charge in [0.05, 0.1) is 12.3 Å². The maximum absolute atomic E-state index is 12.3.